The van der Waals surface area contributed by atoms with Crippen molar-refractivity contribution < 1.29 is 0 Å². The minimum absolute atomic E-state index is 0.715. The SMILES string of the molecule is CCc1nccn1C1CCSC1. The first-order valence-corrected chi connectivity index (χ1v) is 5.66. The van der Waals surface area contributed by atoms with Crippen LogP contribution in [0, 0.1) is 0 Å². The van der Waals surface area contributed by atoms with Crippen LogP contribution in [0.15, 0.2) is 12.4 Å². The topological polar surface area (TPSA) is 17.8 Å². The van der Waals surface area contributed by atoms with Gasteiger partial charge in [0.1, 0.15) is 5.82 Å². The molecule has 0 saturated carbocycles. The largest absolute Gasteiger partial charge is 0.331 e. The zero-order chi connectivity index (χ0) is 8.39. The molecule has 66 valence electrons. The molecule has 1 atom stereocenters. The number of nitrogens with zero attached hydrogens (tertiary/aromatic N) is 2. The van der Waals surface area contributed by atoms with E-state index in [-0.39, 0.29) is 0 Å². The molecule has 0 aromatic carbocycles. The van der Waals surface area contributed by atoms with Crippen LogP contribution < -0.4 is 0 Å². The summed E-state index contributed by atoms with van der Waals surface area (Å²) in [5, 5.41) is 0. The number of hydrogen-bond acceptors (Lipinski definition) is 2. The molecule has 1 aliphatic heterocycles. The molecule has 1 aromatic heterocycles. The van der Waals surface area contributed by atoms with Gasteiger partial charge in [-0.25, -0.2) is 4.98 Å². The van der Waals surface area contributed by atoms with Crippen molar-refractivity contribution in [1.82, 2.24) is 9.55 Å². The molecule has 0 amide bonds. The summed E-state index contributed by atoms with van der Waals surface area (Å²) in [6.45, 7) is 2.17. The quantitative estimate of drug-likeness (QED) is 0.697. The molecule has 1 aliphatic rings. The molecule has 1 unspecified atom stereocenters. The van der Waals surface area contributed by atoms with Gasteiger partial charge in [-0.1, -0.05) is 6.92 Å². The van der Waals surface area contributed by atoms with Crippen molar-refractivity contribution in [2.24, 2.45) is 0 Å². The smallest absolute Gasteiger partial charge is 0.108 e. The monoisotopic (exact) mass is 182 g/mol. The number of aromatic nitrogens is 2. The Hall–Kier alpha value is -0.440. The lowest BCUT2D eigenvalue weighted by Crippen LogP contribution is -2.10. The van der Waals surface area contributed by atoms with E-state index in [0.29, 0.717) is 6.04 Å². The van der Waals surface area contributed by atoms with Gasteiger partial charge in [-0.05, 0) is 12.2 Å². The van der Waals surface area contributed by atoms with Crippen molar-refractivity contribution in [2.45, 2.75) is 25.8 Å². The maximum Gasteiger partial charge on any atom is 0.108 e. The van der Waals surface area contributed by atoms with Gasteiger partial charge in [-0.2, -0.15) is 11.8 Å². The van der Waals surface area contributed by atoms with Crippen molar-refractivity contribution in [2.75, 3.05) is 11.5 Å². The Kier molecular flexibility index (Phi) is 2.40. The maximum absolute atomic E-state index is 4.33. The second-order valence-electron chi connectivity index (χ2n) is 3.12. The summed E-state index contributed by atoms with van der Waals surface area (Å²) in [7, 11) is 0. The molecule has 2 rings (SSSR count). The van der Waals surface area contributed by atoms with Crippen LogP contribution in [0.25, 0.3) is 0 Å². The number of imidazole rings is 1. The summed E-state index contributed by atoms with van der Waals surface area (Å²) in [5.41, 5.74) is 0. The Morgan fingerprint density at radius 1 is 1.75 bits per heavy atom. The third kappa shape index (κ3) is 1.38. The average Bonchev–Trinajstić information content (AvgIpc) is 2.74. The lowest BCUT2D eigenvalue weighted by Gasteiger charge is -2.12. The van der Waals surface area contributed by atoms with E-state index >= 15 is 0 Å². The third-order valence-corrected chi connectivity index (χ3v) is 3.51. The molecule has 0 bridgehead atoms. The fraction of sp³-hybridized carbons (Fsp3) is 0.667. The van der Waals surface area contributed by atoms with Crippen molar-refractivity contribution >= 4 is 11.8 Å². The van der Waals surface area contributed by atoms with Crippen LogP contribution in [0.3, 0.4) is 0 Å². The van der Waals surface area contributed by atoms with E-state index in [4.69, 9.17) is 0 Å². The standard InChI is InChI=1S/C9H14N2S/c1-2-9-10-4-5-11(9)8-3-6-12-7-8/h4-5,8H,2-3,6-7H2,1H3. The second-order valence-corrected chi connectivity index (χ2v) is 4.27. The first-order chi connectivity index (χ1) is 5.92. The molecule has 0 aliphatic carbocycles. The highest BCUT2D eigenvalue weighted by Gasteiger charge is 2.18. The van der Waals surface area contributed by atoms with Crippen LogP contribution in [-0.2, 0) is 6.42 Å². The lowest BCUT2D eigenvalue weighted by atomic mass is 10.2. The van der Waals surface area contributed by atoms with Crippen LogP contribution in [0.5, 0.6) is 0 Å². The maximum atomic E-state index is 4.33. The zero-order valence-electron chi connectivity index (χ0n) is 7.36. The molecule has 1 aromatic rings. The van der Waals surface area contributed by atoms with E-state index in [1.54, 1.807) is 0 Å². The summed E-state index contributed by atoms with van der Waals surface area (Å²) < 4.78 is 2.35. The van der Waals surface area contributed by atoms with Crippen molar-refractivity contribution in [3.63, 3.8) is 0 Å². The van der Waals surface area contributed by atoms with Gasteiger partial charge in [0.2, 0.25) is 0 Å². The molecule has 0 N–H and O–H groups in total. The van der Waals surface area contributed by atoms with Crippen LogP contribution in [0.2, 0.25) is 0 Å². The summed E-state index contributed by atoms with van der Waals surface area (Å²) in [5.74, 6) is 3.82. The molecule has 3 heteroatoms. The van der Waals surface area contributed by atoms with E-state index in [9.17, 15) is 0 Å². The van der Waals surface area contributed by atoms with Gasteiger partial charge in [-0.15, -0.1) is 0 Å². The molecular weight excluding hydrogens is 168 g/mol. The van der Waals surface area contributed by atoms with E-state index in [0.717, 1.165) is 6.42 Å². The fourth-order valence-electron chi connectivity index (χ4n) is 1.69. The molecule has 2 heterocycles. The Bertz CT molecular complexity index is 251. The van der Waals surface area contributed by atoms with Gasteiger partial charge in [0.05, 0.1) is 0 Å². The van der Waals surface area contributed by atoms with Gasteiger partial charge in [-0.3, -0.25) is 0 Å². The first kappa shape index (κ1) is 8.17. The zero-order valence-corrected chi connectivity index (χ0v) is 8.18. The highest BCUT2D eigenvalue weighted by molar-refractivity contribution is 7.99. The molecule has 0 radical (unpaired) electrons. The summed E-state index contributed by atoms with van der Waals surface area (Å²) in [4.78, 5) is 4.33. The van der Waals surface area contributed by atoms with Crippen molar-refractivity contribution in [1.29, 1.82) is 0 Å². The predicted molar refractivity (Wildman–Crippen MR) is 52.6 cm³/mol. The molecule has 2 nitrogen and oxygen atoms in total. The van der Waals surface area contributed by atoms with Crippen LogP contribution in [0.1, 0.15) is 25.2 Å². The van der Waals surface area contributed by atoms with Crippen LogP contribution >= 0.6 is 11.8 Å². The van der Waals surface area contributed by atoms with Crippen LogP contribution in [0.4, 0.5) is 0 Å². The van der Waals surface area contributed by atoms with E-state index in [2.05, 4.69) is 34.4 Å². The third-order valence-electron chi connectivity index (χ3n) is 2.36. The number of hydrogen-bond donors (Lipinski definition) is 0. The Morgan fingerprint density at radius 2 is 2.67 bits per heavy atom. The fourth-order valence-corrected chi connectivity index (χ4v) is 2.90. The van der Waals surface area contributed by atoms with E-state index in [1.807, 2.05) is 6.20 Å². The van der Waals surface area contributed by atoms with Gasteiger partial charge in [0, 0.05) is 30.6 Å². The minimum atomic E-state index is 0.715. The molecular formula is C9H14N2S. The summed E-state index contributed by atoms with van der Waals surface area (Å²) >= 11 is 2.05. The van der Waals surface area contributed by atoms with Gasteiger partial charge < -0.3 is 4.57 Å². The highest BCUT2D eigenvalue weighted by atomic mass is 32.2. The molecule has 0 spiro atoms. The summed E-state index contributed by atoms with van der Waals surface area (Å²) in [6, 6.07) is 0.715. The molecule has 12 heavy (non-hydrogen) atoms. The Labute approximate surface area is 77.4 Å². The van der Waals surface area contributed by atoms with Crippen LogP contribution in [-0.4, -0.2) is 21.1 Å². The van der Waals surface area contributed by atoms with E-state index < -0.39 is 0 Å². The van der Waals surface area contributed by atoms with Crippen molar-refractivity contribution in [3.05, 3.63) is 18.2 Å². The van der Waals surface area contributed by atoms with Gasteiger partial charge in [0.15, 0.2) is 0 Å². The van der Waals surface area contributed by atoms with Gasteiger partial charge in [0.25, 0.3) is 0 Å². The van der Waals surface area contributed by atoms with Crippen molar-refractivity contribution in [3.8, 4) is 0 Å². The molecule has 1 saturated heterocycles. The Morgan fingerprint density at radius 3 is 3.33 bits per heavy atom. The molecule has 1 fully saturated rings. The highest BCUT2D eigenvalue weighted by Crippen LogP contribution is 2.28. The first-order valence-electron chi connectivity index (χ1n) is 4.51. The normalized spacial score (nSPS) is 23.2. The van der Waals surface area contributed by atoms with E-state index in [1.165, 1.54) is 23.8 Å². The van der Waals surface area contributed by atoms with Gasteiger partial charge >= 0.3 is 0 Å². The minimum Gasteiger partial charge on any atom is -0.331 e. The lowest BCUT2D eigenvalue weighted by molar-refractivity contribution is 0.537. The number of rotatable bonds is 2. The average molecular weight is 182 g/mol. The predicted octanol–water partition coefficient (Wildman–Crippen LogP) is 2.12. The number of thioether (sulfide) groups is 1. The summed E-state index contributed by atoms with van der Waals surface area (Å²) in [6.07, 6.45) is 6.40. The Balaban J connectivity index is 2.19. The second kappa shape index (κ2) is 3.52. The number of aryl methyl sites for hydroxylation is 1.